The number of ether oxygens (including phenoxy) is 1. The van der Waals surface area contributed by atoms with Crippen LogP contribution in [0.25, 0.3) is 0 Å². The number of rotatable bonds is 9. The number of aromatic nitrogens is 1. The molecule has 0 bridgehead atoms. The van der Waals surface area contributed by atoms with Crippen molar-refractivity contribution in [1.29, 1.82) is 0 Å². The molecule has 0 saturated carbocycles. The first-order valence-electron chi connectivity index (χ1n) is 10.8. The predicted octanol–water partition coefficient (Wildman–Crippen LogP) is 5.18. The second kappa shape index (κ2) is 10.9. The van der Waals surface area contributed by atoms with Crippen LogP contribution in [0.1, 0.15) is 48.2 Å². The lowest BCUT2D eigenvalue weighted by molar-refractivity contribution is -0.135. The number of carbonyl (C=O) groups excluding carboxylic acids is 2. The zero-order valence-electron chi connectivity index (χ0n) is 19.2. The molecule has 1 aromatic heterocycles. The Labute approximate surface area is 209 Å². The van der Waals surface area contributed by atoms with Gasteiger partial charge < -0.3 is 15.8 Å². The first-order valence-corrected chi connectivity index (χ1v) is 11.6. The Morgan fingerprint density at radius 2 is 1.76 bits per heavy atom. The van der Waals surface area contributed by atoms with Gasteiger partial charge in [0.15, 0.2) is 5.60 Å². The molecule has 1 heterocycles. The smallest absolute Gasteiger partial charge is 0.263 e. The average molecular weight is 500 g/mol. The fourth-order valence-electron chi connectivity index (χ4n) is 3.57. The van der Waals surface area contributed by atoms with Gasteiger partial charge in [-0.15, -0.1) is 0 Å². The number of hydrogen-bond acceptors (Lipinski definition) is 4. The standard InChI is InChI=1S/C26H27Cl2N3O3/c1-16(31-25(33)26(2,3)34-23-12-9-19(15-30-23)24(29)32)22(18-5-4-6-21(28)14-18)13-17-7-10-20(27)11-8-17/h4-12,14-16,22H,13H2,1-3H3,(H2,29,32)(H,31,33). The van der Waals surface area contributed by atoms with Crippen molar-refractivity contribution in [2.75, 3.05) is 0 Å². The highest BCUT2D eigenvalue weighted by Gasteiger charge is 2.33. The van der Waals surface area contributed by atoms with Gasteiger partial charge in [-0.05, 0) is 68.7 Å². The van der Waals surface area contributed by atoms with Crippen LogP contribution >= 0.6 is 23.2 Å². The summed E-state index contributed by atoms with van der Waals surface area (Å²) in [5.41, 5.74) is 6.39. The Morgan fingerprint density at radius 3 is 2.35 bits per heavy atom. The Hall–Kier alpha value is -3.09. The van der Waals surface area contributed by atoms with E-state index in [4.69, 9.17) is 33.7 Å². The molecule has 3 aromatic rings. The number of nitrogens with one attached hydrogen (secondary N) is 1. The summed E-state index contributed by atoms with van der Waals surface area (Å²) in [6, 6.07) is 18.1. The molecule has 0 radical (unpaired) electrons. The largest absolute Gasteiger partial charge is 0.462 e. The molecule has 0 spiro atoms. The van der Waals surface area contributed by atoms with Crippen molar-refractivity contribution in [2.45, 2.75) is 44.8 Å². The lowest BCUT2D eigenvalue weighted by Gasteiger charge is -2.30. The Balaban J connectivity index is 1.77. The van der Waals surface area contributed by atoms with E-state index < -0.39 is 11.5 Å². The van der Waals surface area contributed by atoms with Crippen molar-refractivity contribution in [1.82, 2.24) is 10.3 Å². The van der Waals surface area contributed by atoms with Crippen molar-refractivity contribution < 1.29 is 14.3 Å². The van der Waals surface area contributed by atoms with Crippen LogP contribution < -0.4 is 15.8 Å². The fraction of sp³-hybridized carbons (Fsp3) is 0.269. The van der Waals surface area contributed by atoms with E-state index in [0.717, 1.165) is 11.1 Å². The summed E-state index contributed by atoms with van der Waals surface area (Å²) in [6.45, 7) is 5.27. The van der Waals surface area contributed by atoms with E-state index in [1.54, 1.807) is 13.8 Å². The molecule has 0 aliphatic rings. The Bertz CT molecular complexity index is 1150. The third kappa shape index (κ3) is 6.72. The summed E-state index contributed by atoms with van der Waals surface area (Å²) in [5.74, 6) is -0.723. The molecule has 34 heavy (non-hydrogen) atoms. The summed E-state index contributed by atoms with van der Waals surface area (Å²) >= 11 is 12.3. The van der Waals surface area contributed by atoms with Gasteiger partial charge in [-0.1, -0.05) is 47.5 Å². The third-order valence-electron chi connectivity index (χ3n) is 5.54. The minimum atomic E-state index is -1.21. The molecule has 2 amide bonds. The molecular formula is C26H27Cl2N3O3. The van der Waals surface area contributed by atoms with Gasteiger partial charge in [0, 0.05) is 34.3 Å². The summed E-state index contributed by atoms with van der Waals surface area (Å²) in [5, 5.41) is 4.38. The van der Waals surface area contributed by atoms with Crippen LogP contribution in [-0.2, 0) is 11.2 Å². The Kier molecular flexibility index (Phi) is 8.18. The number of primary amides is 1. The molecule has 0 aliphatic heterocycles. The highest BCUT2D eigenvalue weighted by Crippen LogP contribution is 2.28. The maximum absolute atomic E-state index is 13.2. The van der Waals surface area contributed by atoms with E-state index in [-0.39, 0.29) is 29.3 Å². The van der Waals surface area contributed by atoms with Gasteiger partial charge in [0.05, 0.1) is 5.56 Å². The van der Waals surface area contributed by atoms with Gasteiger partial charge in [0.1, 0.15) is 0 Å². The van der Waals surface area contributed by atoms with Crippen LogP contribution in [0.15, 0.2) is 66.9 Å². The number of carbonyl (C=O) groups is 2. The maximum Gasteiger partial charge on any atom is 0.263 e. The first-order chi connectivity index (χ1) is 16.0. The van der Waals surface area contributed by atoms with Gasteiger partial charge in [0.2, 0.25) is 11.8 Å². The highest BCUT2D eigenvalue weighted by molar-refractivity contribution is 6.30. The molecule has 0 fully saturated rings. The topological polar surface area (TPSA) is 94.3 Å². The second-order valence-electron chi connectivity index (χ2n) is 8.62. The molecule has 2 unspecified atom stereocenters. The number of amides is 2. The van der Waals surface area contributed by atoms with Crippen LogP contribution in [0.3, 0.4) is 0 Å². The second-order valence-corrected chi connectivity index (χ2v) is 9.49. The van der Waals surface area contributed by atoms with Gasteiger partial charge in [-0.3, -0.25) is 9.59 Å². The molecule has 8 heteroatoms. The van der Waals surface area contributed by atoms with Crippen molar-refractivity contribution >= 4 is 35.0 Å². The number of halogens is 2. The van der Waals surface area contributed by atoms with Gasteiger partial charge in [-0.2, -0.15) is 0 Å². The summed E-state index contributed by atoms with van der Waals surface area (Å²) in [4.78, 5) is 28.5. The quantitative estimate of drug-likeness (QED) is 0.424. The minimum absolute atomic E-state index is 0.0485. The first kappa shape index (κ1) is 25.5. The van der Waals surface area contributed by atoms with Crippen molar-refractivity contribution in [2.24, 2.45) is 5.73 Å². The van der Waals surface area contributed by atoms with Crippen molar-refractivity contribution in [3.8, 4) is 5.88 Å². The SMILES string of the molecule is CC(NC(=O)C(C)(C)Oc1ccc(C(N)=O)cn1)C(Cc1ccc(Cl)cc1)c1cccc(Cl)c1. The molecule has 0 saturated heterocycles. The summed E-state index contributed by atoms with van der Waals surface area (Å²) < 4.78 is 5.82. The van der Waals surface area contributed by atoms with E-state index >= 15 is 0 Å². The lowest BCUT2D eigenvalue weighted by atomic mass is 9.86. The number of pyridine rings is 1. The number of hydrogen-bond donors (Lipinski definition) is 2. The Morgan fingerprint density at radius 1 is 1.06 bits per heavy atom. The van der Waals surface area contributed by atoms with Crippen LogP contribution in [0.5, 0.6) is 5.88 Å². The normalized spacial score (nSPS) is 13.1. The molecule has 178 valence electrons. The van der Waals surface area contributed by atoms with Crippen LogP contribution in [0.4, 0.5) is 0 Å². The molecular weight excluding hydrogens is 473 g/mol. The zero-order chi connectivity index (χ0) is 24.9. The zero-order valence-corrected chi connectivity index (χ0v) is 20.7. The van der Waals surface area contributed by atoms with Crippen LogP contribution in [0, 0.1) is 0 Å². The maximum atomic E-state index is 13.2. The van der Waals surface area contributed by atoms with Crippen LogP contribution in [0.2, 0.25) is 10.0 Å². The van der Waals surface area contributed by atoms with E-state index in [9.17, 15) is 9.59 Å². The average Bonchev–Trinajstić information content (AvgIpc) is 2.78. The highest BCUT2D eigenvalue weighted by atomic mass is 35.5. The van der Waals surface area contributed by atoms with Gasteiger partial charge in [0.25, 0.3) is 5.91 Å². The van der Waals surface area contributed by atoms with Crippen molar-refractivity contribution in [3.63, 3.8) is 0 Å². The molecule has 0 aliphatic carbocycles. The molecule has 3 N–H and O–H groups in total. The minimum Gasteiger partial charge on any atom is -0.462 e. The van der Waals surface area contributed by atoms with Crippen LogP contribution in [-0.4, -0.2) is 28.4 Å². The molecule has 6 nitrogen and oxygen atoms in total. The molecule has 3 rings (SSSR count). The number of nitrogens with two attached hydrogens (primary N) is 1. The number of benzene rings is 2. The van der Waals surface area contributed by atoms with Crippen molar-refractivity contribution in [3.05, 3.63) is 93.6 Å². The van der Waals surface area contributed by atoms with Gasteiger partial charge >= 0.3 is 0 Å². The lowest BCUT2D eigenvalue weighted by Crippen LogP contribution is -2.51. The molecule has 2 aromatic carbocycles. The van der Waals surface area contributed by atoms with E-state index in [1.165, 1.54) is 18.3 Å². The molecule has 2 atom stereocenters. The predicted molar refractivity (Wildman–Crippen MR) is 134 cm³/mol. The monoisotopic (exact) mass is 499 g/mol. The third-order valence-corrected chi connectivity index (χ3v) is 6.02. The number of nitrogens with zero attached hydrogens (tertiary/aromatic N) is 1. The van der Waals surface area contributed by atoms with Gasteiger partial charge in [-0.25, -0.2) is 4.98 Å². The van der Waals surface area contributed by atoms with E-state index in [0.29, 0.717) is 16.5 Å². The summed E-state index contributed by atoms with van der Waals surface area (Å²) in [6.07, 6.45) is 1.99. The fourth-order valence-corrected chi connectivity index (χ4v) is 3.90. The van der Waals surface area contributed by atoms with E-state index in [2.05, 4.69) is 10.3 Å². The summed E-state index contributed by atoms with van der Waals surface area (Å²) in [7, 11) is 0. The van der Waals surface area contributed by atoms with E-state index in [1.807, 2.05) is 55.5 Å².